The molecule has 0 radical (unpaired) electrons. The molecule has 13 heavy (non-hydrogen) atoms. The first-order valence-corrected chi connectivity index (χ1v) is 4.97. The summed E-state index contributed by atoms with van der Waals surface area (Å²) in [4.78, 5) is 2.42. The molecule has 0 aromatic heterocycles. The molecular weight excluding hydrogens is 166 g/mol. The van der Waals surface area contributed by atoms with Gasteiger partial charge in [-0.3, -0.25) is 15.3 Å². The van der Waals surface area contributed by atoms with E-state index in [9.17, 15) is 0 Å². The van der Waals surface area contributed by atoms with Gasteiger partial charge >= 0.3 is 0 Å². The summed E-state index contributed by atoms with van der Waals surface area (Å²) in [6.45, 7) is 7.23. The van der Waals surface area contributed by atoms with Crippen molar-refractivity contribution in [3.8, 4) is 0 Å². The van der Waals surface area contributed by atoms with Gasteiger partial charge in [0.2, 0.25) is 0 Å². The highest BCUT2D eigenvalue weighted by atomic mass is 16.5. The van der Waals surface area contributed by atoms with Gasteiger partial charge < -0.3 is 4.74 Å². The number of ether oxygens (including phenoxy) is 1. The van der Waals surface area contributed by atoms with Gasteiger partial charge in [-0.15, -0.1) is 0 Å². The summed E-state index contributed by atoms with van der Waals surface area (Å²) in [5.74, 6) is 0. The van der Waals surface area contributed by atoms with Crippen LogP contribution < -0.4 is 5.43 Å². The van der Waals surface area contributed by atoms with Gasteiger partial charge in [-0.2, -0.15) is 0 Å². The minimum Gasteiger partial charge on any atom is -0.374 e. The third kappa shape index (κ3) is 4.04. The Labute approximate surface area is 80.8 Å². The summed E-state index contributed by atoms with van der Waals surface area (Å²) < 4.78 is 5.63. The van der Waals surface area contributed by atoms with Crippen molar-refractivity contribution >= 4 is 0 Å². The maximum Gasteiger partial charge on any atom is 0.0840 e. The predicted octanol–water partition coefficient (Wildman–Crippen LogP) is -0.227. The average molecular weight is 187 g/mol. The highest BCUT2D eigenvalue weighted by Gasteiger charge is 2.18. The molecule has 1 unspecified atom stereocenters. The maximum absolute atomic E-state index is 5.63. The highest BCUT2D eigenvalue weighted by Crippen LogP contribution is 2.03. The minimum atomic E-state index is 0.344. The smallest absolute Gasteiger partial charge is 0.0840 e. The van der Waals surface area contributed by atoms with Crippen molar-refractivity contribution in [1.82, 2.24) is 15.3 Å². The topological polar surface area (TPSA) is 27.7 Å². The lowest BCUT2D eigenvalue weighted by molar-refractivity contribution is -0.0315. The van der Waals surface area contributed by atoms with Crippen LogP contribution in [-0.2, 0) is 4.74 Å². The number of morpholine rings is 1. The molecule has 1 aliphatic rings. The summed E-state index contributed by atoms with van der Waals surface area (Å²) in [5.41, 5.74) is 3.24. The van der Waals surface area contributed by atoms with Crippen molar-refractivity contribution in [2.24, 2.45) is 0 Å². The zero-order valence-electron chi connectivity index (χ0n) is 8.92. The Morgan fingerprint density at radius 2 is 2.31 bits per heavy atom. The van der Waals surface area contributed by atoms with Gasteiger partial charge in [-0.25, -0.2) is 0 Å². The van der Waals surface area contributed by atoms with E-state index >= 15 is 0 Å². The van der Waals surface area contributed by atoms with Gasteiger partial charge in [0.05, 0.1) is 12.7 Å². The van der Waals surface area contributed by atoms with Crippen LogP contribution in [0, 0.1) is 0 Å². The Balaban J connectivity index is 2.18. The van der Waals surface area contributed by atoms with Crippen LogP contribution in [0.25, 0.3) is 0 Å². The van der Waals surface area contributed by atoms with Gasteiger partial charge in [-0.1, -0.05) is 6.92 Å². The number of rotatable bonds is 4. The van der Waals surface area contributed by atoms with Gasteiger partial charge in [0, 0.05) is 33.7 Å². The minimum absolute atomic E-state index is 0.344. The van der Waals surface area contributed by atoms with Crippen LogP contribution in [0.3, 0.4) is 0 Å². The number of hydrogen-bond acceptors (Lipinski definition) is 4. The van der Waals surface area contributed by atoms with Crippen LogP contribution in [0.5, 0.6) is 0 Å². The van der Waals surface area contributed by atoms with Crippen molar-refractivity contribution in [3.63, 3.8) is 0 Å². The monoisotopic (exact) mass is 187 g/mol. The fraction of sp³-hybridized carbons (Fsp3) is 1.00. The molecule has 0 bridgehead atoms. The van der Waals surface area contributed by atoms with E-state index in [1.54, 1.807) is 0 Å². The fourth-order valence-corrected chi connectivity index (χ4v) is 1.48. The summed E-state index contributed by atoms with van der Waals surface area (Å²) >= 11 is 0. The summed E-state index contributed by atoms with van der Waals surface area (Å²) in [7, 11) is 4.00. The molecule has 1 fully saturated rings. The quantitative estimate of drug-likeness (QED) is 0.616. The number of nitrogens with one attached hydrogen (secondary N) is 1. The Kier molecular flexibility index (Phi) is 4.66. The van der Waals surface area contributed by atoms with E-state index < -0.39 is 0 Å². The van der Waals surface area contributed by atoms with E-state index in [1.807, 2.05) is 19.1 Å². The molecule has 1 aliphatic heterocycles. The third-order valence-corrected chi connectivity index (χ3v) is 2.31. The molecule has 0 amide bonds. The number of hydrazine groups is 1. The molecule has 4 heteroatoms. The Morgan fingerprint density at radius 3 is 2.92 bits per heavy atom. The first-order valence-electron chi connectivity index (χ1n) is 4.97. The zero-order chi connectivity index (χ0) is 9.68. The number of nitrogens with zero attached hydrogens (tertiary/aromatic N) is 2. The first-order chi connectivity index (χ1) is 6.22. The summed E-state index contributed by atoms with van der Waals surface area (Å²) in [6.07, 6.45) is 0.344. The van der Waals surface area contributed by atoms with E-state index in [1.165, 1.54) is 0 Å². The SMILES string of the molecule is CCN1CCOC(CNN(C)C)C1. The van der Waals surface area contributed by atoms with Crippen molar-refractivity contribution in [3.05, 3.63) is 0 Å². The second-order valence-electron chi connectivity index (χ2n) is 3.64. The lowest BCUT2D eigenvalue weighted by Gasteiger charge is -2.32. The van der Waals surface area contributed by atoms with Crippen LogP contribution in [0.4, 0.5) is 0 Å². The van der Waals surface area contributed by atoms with Gasteiger partial charge in [0.1, 0.15) is 0 Å². The van der Waals surface area contributed by atoms with E-state index in [4.69, 9.17) is 4.74 Å². The summed E-state index contributed by atoms with van der Waals surface area (Å²) in [5, 5.41) is 1.97. The van der Waals surface area contributed by atoms with Gasteiger partial charge in [0.15, 0.2) is 0 Å². The van der Waals surface area contributed by atoms with Crippen LogP contribution >= 0.6 is 0 Å². The average Bonchev–Trinajstić information content (AvgIpc) is 2.15. The molecule has 0 aromatic rings. The fourth-order valence-electron chi connectivity index (χ4n) is 1.48. The molecular formula is C9H21N3O. The van der Waals surface area contributed by atoms with Gasteiger partial charge in [0.25, 0.3) is 0 Å². The molecule has 4 nitrogen and oxygen atoms in total. The molecule has 0 aromatic carbocycles. The Morgan fingerprint density at radius 1 is 1.54 bits per heavy atom. The highest BCUT2D eigenvalue weighted by molar-refractivity contribution is 4.71. The molecule has 1 N–H and O–H groups in total. The molecule has 1 atom stereocenters. The van der Waals surface area contributed by atoms with E-state index in [-0.39, 0.29) is 0 Å². The van der Waals surface area contributed by atoms with Crippen LogP contribution in [0.15, 0.2) is 0 Å². The predicted molar refractivity (Wildman–Crippen MR) is 53.5 cm³/mol. The van der Waals surface area contributed by atoms with Crippen LogP contribution in [-0.4, -0.2) is 62.9 Å². The second-order valence-corrected chi connectivity index (χ2v) is 3.64. The number of hydrogen-bond donors (Lipinski definition) is 1. The lowest BCUT2D eigenvalue weighted by atomic mass is 10.3. The number of likely N-dealkylation sites (N-methyl/N-ethyl adjacent to an activating group) is 1. The second kappa shape index (κ2) is 5.54. The molecule has 0 spiro atoms. The van der Waals surface area contributed by atoms with Crippen molar-refractivity contribution in [2.75, 3.05) is 46.9 Å². The standard InChI is InChI=1S/C9H21N3O/c1-4-12-5-6-13-9(8-12)7-10-11(2)3/h9-10H,4-8H2,1-3H3. The summed E-state index contributed by atoms with van der Waals surface area (Å²) in [6, 6.07) is 0. The van der Waals surface area contributed by atoms with Crippen molar-refractivity contribution < 1.29 is 4.74 Å². The van der Waals surface area contributed by atoms with E-state index in [0.29, 0.717) is 6.10 Å². The third-order valence-electron chi connectivity index (χ3n) is 2.31. The first kappa shape index (κ1) is 10.9. The maximum atomic E-state index is 5.63. The van der Waals surface area contributed by atoms with Crippen LogP contribution in [0.2, 0.25) is 0 Å². The van der Waals surface area contributed by atoms with Crippen molar-refractivity contribution in [2.45, 2.75) is 13.0 Å². The molecule has 1 heterocycles. The molecule has 1 rings (SSSR count). The van der Waals surface area contributed by atoms with E-state index in [0.717, 1.165) is 32.8 Å². The molecule has 1 saturated heterocycles. The van der Waals surface area contributed by atoms with E-state index in [2.05, 4.69) is 17.2 Å². The largest absolute Gasteiger partial charge is 0.374 e. The molecule has 0 aliphatic carbocycles. The zero-order valence-corrected chi connectivity index (χ0v) is 8.92. The van der Waals surface area contributed by atoms with Crippen LogP contribution in [0.1, 0.15) is 6.92 Å². The Hall–Kier alpha value is -0.160. The van der Waals surface area contributed by atoms with Crippen molar-refractivity contribution in [1.29, 1.82) is 0 Å². The Bertz CT molecular complexity index is 141. The van der Waals surface area contributed by atoms with Gasteiger partial charge in [-0.05, 0) is 6.54 Å². The molecule has 0 saturated carbocycles. The molecule has 78 valence electrons. The normalized spacial score (nSPS) is 25.4. The lowest BCUT2D eigenvalue weighted by Crippen LogP contribution is -2.48.